The summed E-state index contributed by atoms with van der Waals surface area (Å²) in [5, 5.41) is 11.3. The highest BCUT2D eigenvalue weighted by molar-refractivity contribution is 5.96. The quantitative estimate of drug-likeness (QED) is 0.886. The zero-order chi connectivity index (χ0) is 12.4. The van der Waals surface area contributed by atoms with E-state index in [1.165, 1.54) is 7.11 Å². The molecule has 4 nitrogen and oxygen atoms in total. The van der Waals surface area contributed by atoms with Gasteiger partial charge in [0.05, 0.1) is 21.3 Å². The molecule has 0 amide bonds. The Hall–Kier alpha value is -2.10. The van der Waals surface area contributed by atoms with Crippen LogP contribution in [-0.4, -0.2) is 26.4 Å². The molecule has 0 bridgehead atoms. The maximum atomic E-state index is 9.70. The summed E-state index contributed by atoms with van der Waals surface area (Å²) in [5.41, 5.74) is 0. The first kappa shape index (κ1) is 11.4. The number of phenols is 1. The lowest BCUT2D eigenvalue weighted by molar-refractivity contribution is 0.357. The van der Waals surface area contributed by atoms with E-state index < -0.39 is 0 Å². The molecule has 0 fully saturated rings. The summed E-state index contributed by atoms with van der Waals surface area (Å²) in [4.78, 5) is 0. The molecule has 2 rings (SSSR count). The lowest BCUT2D eigenvalue weighted by Gasteiger charge is -2.13. The monoisotopic (exact) mass is 234 g/mol. The van der Waals surface area contributed by atoms with Gasteiger partial charge in [-0.2, -0.15) is 0 Å². The number of phenolic OH excluding ortho intramolecular Hbond substituents is 1. The lowest BCUT2D eigenvalue weighted by Crippen LogP contribution is -1.93. The molecule has 0 heterocycles. The largest absolute Gasteiger partial charge is 0.504 e. The summed E-state index contributed by atoms with van der Waals surface area (Å²) in [5.74, 6) is 1.81. The van der Waals surface area contributed by atoms with Gasteiger partial charge in [-0.3, -0.25) is 0 Å². The number of rotatable bonds is 3. The number of hydrogen-bond acceptors (Lipinski definition) is 4. The molecule has 0 aromatic heterocycles. The van der Waals surface area contributed by atoms with Gasteiger partial charge in [-0.05, 0) is 24.3 Å². The van der Waals surface area contributed by atoms with Crippen molar-refractivity contribution in [2.75, 3.05) is 21.3 Å². The van der Waals surface area contributed by atoms with Crippen molar-refractivity contribution in [3.63, 3.8) is 0 Å². The Balaban J connectivity index is 2.83. The number of aromatic hydroxyl groups is 1. The highest BCUT2D eigenvalue weighted by Gasteiger charge is 2.14. The molecule has 1 N–H and O–H groups in total. The van der Waals surface area contributed by atoms with Crippen LogP contribution in [0.3, 0.4) is 0 Å². The maximum absolute atomic E-state index is 9.70. The number of ether oxygens (including phenoxy) is 3. The first-order valence-corrected chi connectivity index (χ1v) is 5.13. The number of benzene rings is 2. The molecule has 17 heavy (non-hydrogen) atoms. The minimum atomic E-state index is 0.104. The zero-order valence-electron chi connectivity index (χ0n) is 9.98. The molecule has 90 valence electrons. The second-order valence-electron chi connectivity index (χ2n) is 3.51. The van der Waals surface area contributed by atoms with Crippen LogP contribution in [0, 0.1) is 0 Å². The van der Waals surface area contributed by atoms with E-state index in [0.717, 1.165) is 10.8 Å². The van der Waals surface area contributed by atoms with Crippen molar-refractivity contribution in [1.29, 1.82) is 0 Å². The summed E-state index contributed by atoms with van der Waals surface area (Å²) in [7, 11) is 4.68. The van der Waals surface area contributed by atoms with E-state index in [1.54, 1.807) is 32.4 Å². The predicted molar refractivity (Wildman–Crippen MR) is 65.3 cm³/mol. The molecule has 0 aliphatic heterocycles. The Morgan fingerprint density at radius 2 is 1.35 bits per heavy atom. The summed E-state index contributed by atoms with van der Waals surface area (Å²) in [6, 6.07) is 6.95. The number of methoxy groups -OCH3 is 3. The smallest absolute Gasteiger partial charge is 0.168 e. The van der Waals surface area contributed by atoms with Crippen molar-refractivity contribution in [2.24, 2.45) is 0 Å². The Bertz CT molecular complexity index is 549. The maximum Gasteiger partial charge on any atom is 0.168 e. The van der Waals surface area contributed by atoms with Gasteiger partial charge in [-0.15, -0.1) is 0 Å². The standard InChI is InChI=1S/C13H14O4/c1-15-11-7-5-8-9(13(11)17-3)4-6-10(14)12(8)16-2/h4-7,14H,1-3H3. The third kappa shape index (κ3) is 1.71. The Labute approximate surface area is 99.3 Å². The molecule has 0 aliphatic rings. The summed E-state index contributed by atoms with van der Waals surface area (Å²) < 4.78 is 15.7. The summed E-state index contributed by atoms with van der Waals surface area (Å²) in [6.07, 6.45) is 0. The van der Waals surface area contributed by atoms with E-state index in [0.29, 0.717) is 17.2 Å². The number of fused-ring (bicyclic) bond motifs is 1. The first-order valence-electron chi connectivity index (χ1n) is 5.13. The molecule has 4 heteroatoms. The number of hydrogen-bond donors (Lipinski definition) is 1. The van der Waals surface area contributed by atoms with Crippen molar-refractivity contribution >= 4 is 10.8 Å². The van der Waals surface area contributed by atoms with Gasteiger partial charge >= 0.3 is 0 Å². The highest BCUT2D eigenvalue weighted by atomic mass is 16.5. The lowest BCUT2D eigenvalue weighted by atomic mass is 10.1. The Morgan fingerprint density at radius 3 is 1.94 bits per heavy atom. The van der Waals surface area contributed by atoms with Gasteiger partial charge in [0, 0.05) is 10.8 Å². The summed E-state index contributed by atoms with van der Waals surface area (Å²) in [6.45, 7) is 0. The minimum Gasteiger partial charge on any atom is -0.504 e. The fourth-order valence-corrected chi connectivity index (χ4v) is 1.90. The first-order chi connectivity index (χ1) is 8.22. The van der Waals surface area contributed by atoms with Gasteiger partial charge in [0.1, 0.15) is 0 Å². The van der Waals surface area contributed by atoms with Crippen molar-refractivity contribution in [3.05, 3.63) is 24.3 Å². The van der Waals surface area contributed by atoms with Crippen LogP contribution in [0.4, 0.5) is 0 Å². The molecule has 0 saturated heterocycles. The zero-order valence-corrected chi connectivity index (χ0v) is 9.98. The van der Waals surface area contributed by atoms with Crippen LogP contribution in [0.25, 0.3) is 10.8 Å². The van der Waals surface area contributed by atoms with Crippen LogP contribution in [-0.2, 0) is 0 Å². The molecule has 0 atom stereocenters. The van der Waals surface area contributed by atoms with Gasteiger partial charge in [0.25, 0.3) is 0 Å². The molecule has 0 aliphatic carbocycles. The van der Waals surface area contributed by atoms with Crippen LogP contribution >= 0.6 is 0 Å². The SMILES string of the molecule is COc1ccc2c(OC)c(O)ccc2c1OC. The Morgan fingerprint density at radius 1 is 0.765 bits per heavy atom. The average molecular weight is 234 g/mol. The van der Waals surface area contributed by atoms with E-state index >= 15 is 0 Å². The Kier molecular flexibility index (Phi) is 2.95. The van der Waals surface area contributed by atoms with Gasteiger partial charge in [0.15, 0.2) is 23.0 Å². The van der Waals surface area contributed by atoms with E-state index in [4.69, 9.17) is 14.2 Å². The molecule has 0 spiro atoms. The molecule has 0 unspecified atom stereocenters. The second kappa shape index (κ2) is 4.41. The van der Waals surface area contributed by atoms with Crippen molar-refractivity contribution < 1.29 is 19.3 Å². The van der Waals surface area contributed by atoms with Crippen LogP contribution in [0.2, 0.25) is 0 Å². The molecular formula is C13H14O4. The molecule has 2 aromatic carbocycles. The van der Waals surface area contributed by atoms with Crippen LogP contribution in [0.5, 0.6) is 23.0 Å². The normalized spacial score (nSPS) is 10.3. The van der Waals surface area contributed by atoms with Gasteiger partial charge in [-0.1, -0.05) is 0 Å². The fourth-order valence-electron chi connectivity index (χ4n) is 1.90. The summed E-state index contributed by atoms with van der Waals surface area (Å²) >= 11 is 0. The third-order valence-electron chi connectivity index (χ3n) is 2.67. The van der Waals surface area contributed by atoms with E-state index in [1.807, 2.05) is 6.07 Å². The third-order valence-corrected chi connectivity index (χ3v) is 2.67. The van der Waals surface area contributed by atoms with Crippen LogP contribution in [0.1, 0.15) is 0 Å². The van der Waals surface area contributed by atoms with E-state index in [2.05, 4.69) is 0 Å². The predicted octanol–water partition coefficient (Wildman–Crippen LogP) is 2.57. The van der Waals surface area contributed by atoms with Crippen LogP contribution < -0.4 is 14.2 Å². The molecule has 0 saturated carbocycles. The topological polar surface area (TPSA) is 47.9 Å². The van der Waals surface area contributed by atoms with Gasteiger partial charge in [0.2, 0.25) is 0 Å². The molecular weight excluding hydrogens is 220 g/mol. The van der Waals surface area contributed by atoms with Crippen molar-refractivity contribution in [1.82, 2.24) is 0 Å². The fraction of sp³-hybridized carbons (Fsp3) is 0.231. The van der Waals surface area contributed by atoms with Gasteiger partial charge in [-0.25, -0.2) is 0 Å². The molecule has 2 aromatic rings. The molecule has 0 radical (unpaired) electrons. The van der Waals surface area contributed by atoms with Crippen LogP contribution in [0.15, 0.2) is 24.3 Å². The van der Waals surface area contributed by atoms with E-state index in [9.17, 15) is 5.11 Å². The second-order valence-corrected chi connectivity index (χ2v) is 3.51. The van der Waals surface area contributed by atoms with Crippen molar-refractivity contribution in [2.45, 2.75) is 0 Å². The highest BCUT2D eigenvalue weighted by Crippen LogP contribution is 2.42. The van der Waals surface area contributed by atoms with E-state index in [-0.39, 0.29) is 5.75 Å². The van der Waals surface area contributed by atoms with Crippen molar-refractivity contribution in [3.8, 4) is 23.0 Å². The van der Waals surface area contributed by atoms with Gasteiger partial charge < -0.3 is 19.3 Å². The average Bonchev–Trinajstić information content (AvgIpc) is 2.37. The minimum absolute atomic E-state index is 0.104.